The standard InChI is InChI=1S/C21H15N3O3S/c25-19-16-8-2-1-5-13(16)11-17(24-19)20(26)22-14-6-3-7-15(12-14)23-21(27)18-9-4-10-28-18/h1-12H,(H,22,26)(H,23,27)(H,24,25). The number of rotatable bonds is 4. The van der Waals surface area contributed by atoms with Gasteiger partial charge in [0.05, 0.1) is 4.88 Å². The molecule has 0 bridgehead atoms. The lowest BCUT2D eigenvalue weighted by atomic mass is 10.1. The Labute approximate surface area is 163 Å². The number of fused-ring (bicyclic) bond motifs is 1. The molecule has 2 heterocycles. The van der Waals surface area contributed by atoms with E-state index in [0.29, 0.717) is 27.0 Å². The molecule has 28 heavy (non-hydrogen) atoms. The normalized spacial score (nSPS) is 10.6. The number of hydrogen-bond donors (Lipinski definition) is 3. The second-order valence-corrected chi connectivity index (χ2v) is 7.01. The largest absolute Gasteiger partial charge is 0.321 e. The Kier molecular flexibility index (Phi) is 4.74. The molecule has 0 radical (unpaired) electrons. The average Bonchev–Trinajstić information content (AvgIpc) is 3.23. The van der Waals surface area contributed by atoms with Crippen molar-refractivity contribution in [2.75, 3.05) is 10.6 Å². The molecule has 0 unspecified atom stereocenters. The Hall–Kier alpha value is -3.71. The summed E-state index contributed by atoms with van der Waals surface area (Å²) >= 11 is 1.35. The maximum absolute atomic E-state index is 12.6. The van der Waals surface area contributed by atoms with Crippen molar-refractivity contribution in [1.29, 1.82) is 0 Å². The Morgan fingerprint density at radius 3 is 2.32 bits per heavy atom. The van der Waals surface area contributed by atoms with Crippen molar-refractivity contribution in [3.63, 3.8) is 0 Å². The Balaban J connectivity index is 1.53. The monoisotopic (exact) mass is 389 g/mol. The molecule has 0 spiro atoms. The number of anilines is 2. The van der Waals surface area contributed by atoms with Crippen LogP contribution in [0.15, 0.2) is 76.9 Å². The van der Waals surface area contributed by atoms with Crippen LogP contribution in [-0.4, -0.2) is 16.8 Å². The van der Waals surface area contributed by atoms with E-state index in [1.54, 1.807) is 60.7 Å². The summed E-state index contributed by atoms with van der Waals surface area (Å²) in [4.78, 5) is 40.1. The highest BCUT2D eigenvalue weighted by Crippen LogP contribution is 2.18. The minimum atomic E-state index is -0.440. The highest BCUT2D eigenvalue weighted by atomic mass is 32.1. The number of thiophene rings is 1. The maximum atomic E-state index is 12.6. The number of H-pyrrole nitrogens is 1. The van der Waals surface area contributed by atoms with E-state index >= 15 is 0 Å². The fraction of sp³-hybridized carbons (Fsp3) is 0. The van der Waals surface area contributed by atoms with Crippen LogP contribution in [0, 0.1) is 0 Å². The first kappa shape index (κ1) is 17.7. The van der Waals surface area contributed by atoms with E-state index in [1.165, 1.54) is 11.3 Å². The van der Waals surface area contributed by atoms with Gasteiger partial charge in [0.25, 0.3) is 17.4 Å². The predicted molar refractivity (Wildman–Crippen MR) is 111 cm³/mol. The van der Waals surface area contributed by atoms with Crippen LogP contribution in [0.2, 0.25) is 0 Å². The van der Waals surface area contributed by atoms with Gasteiger partial charge in [-0.25, -0.2) is 0 Å². The average molecular weight is 389 g/mol. The topological polar surface area (TPSA) is 91.1 Å². The molecule has 0 saturated heterocycles. The quantitative estimate of drug-likeness (QED) is 0.491. The van der Waals surface area contributed by atoms with Gasteiger partial charge in [0.2, 0.25) is 0 Å². The lowest BCUT2D eigenvalue weighted by molar-refractivity contribution is 0.101. The van der Waals surface area contributed by atoms with E-state index in [2.05, 4.69) is 15.6 Å². The summed E-state index contributed by atoms with van der Waals surface area (Å²) in [7, 11) is 0. The van der Waals surface area contributed by atoms with Crippen molar-refractivity contribution in [1.82, 2.24) is 4.98 Å². The van der Waals surface area contributed by atoms with Gasteiger partial charge in [-0.2, -0.15) is 0 Å². The molecule has 3 N–H and O–H groups in total. The van der Waals surface area contributed by atoms with Crippen molar-refractivity contribution in [2.45, 2.75) is 0 Å². The number of pyridine rings is 1. The van der Waals surface area contributed by atoms with Crippen molar-refractivity contribution >= 4 is 45.3 Å². The molecule has 2 amide bonds. The number of amides is 2. The van der Waals surface area contributed by atoms with Crippen molar-refractivity contribution in [3.05, 3.63) is 93.0 Å². The van der Waals surface area contributed by atoms with Gasteiger partial charge in [0, 0.05) is 16.8 Å². The van der Waals surface area contributed by atoms with Crippen LogP contribution in [0.25, 0.3) is 10.8 Å². The summed E-state index contributed by atoms with van der Waals surface area (Å²) in [5.41, 5.74) is 0.906. The lowest BCUT2D eigenvalue weighted by Crippen LogP contribution is -2.19. The summed E-state index contributed by atoms with van der Waals surface area (Å²) in [5, 5.41) is 8.58. The Morgan fingerprint density at radius 1 is 0.821 bits per heavy atom. The number of hydrogen-bond acceptors (Lipinski definition) is 4. The van der Waals surface area contributed by atoms with Crippen molar-refractivity contribution in [3.8, 4) is 0 Å². The summed E-state index contributed by atoms with van der Waals surface area (Å²) in [6.07, 6.45) is 0. The molecule has 0 aliphatic heterocycles. The number of aromatic nitrogens is 1. The Morgan fingerprint density at radius 2 is 1.57 bits per heavy atom. The molecule has 7 heteroatoms. The van der Waals surface area contributed by atoms with Crippen molar-refractivity contribution in [2.24, 2.45) is 0 Å². The maximum Gasteiger partial charge on any atom is 0.272 e. The highest BCUT2D eigenvalue weighted by molar-refractivity contribution is 7.12. The van der Waals surface area contributed by atoms with Gasteiger partial charge in [-0.1, -0.05) is 30.3 Å². The second-order valence-electron chi connectivity index (χ2n) is 6.07. The van der Waals surface area contributed by atoms with Crippen LogP contribution in [0.4, 0.5) is 11.4 Å². The van der Waals surface area contributed by atoms with Crippen LogP contribution >= 0.6 is 11.3 Å². The molecule has 6 nitrogen and oxygen atoms in total. The second kappa shape index (κ2) is 7.50. The minimum absolute atomic E-state index is 0.164. The zero-order chi connectivity index (χ0) is 19.5. The zero-order valence-corrected chi connectivity index (χ0v) is 15.4. The summed E-state index contributed by atoms with van der Waals surface area (Å²) < 4.78 is 0. The number of benzene rings is 2. The first-order valence-electron chi connectivity index (χ1n) is 8.48. The number of carbonyl (C=O) groups excluding carboxylic acids is 2. The molecular weight excluding hydrogens is 374 g/mol. The number of aromatic amines is 1. The van der Waals surface area contributed by atoms with Crippen LogP contribution < -0.4 is 16.2 Å². The molecule has 0 aliphatic carbocycles. The van der Waals surface area contributed by atoms with E-state index in [0.717, 1.165) is 0 Å². The predicted octanol–water partition coefficient (Wildman–Crippen LogP) is 4.09. The Bertz CT molecular complexity index is 1230. The molecule has 4 aromatic rings. The van der Waals surface area contributed by atoms with Gasteiger partial charge in [-0.05, 0) is 47.2 Å². The third-order valence-electron chi connectivity index (χ3n) is 4.12. The third kappa shape index (κ3) is 3.70. The first-order valence-corrected chi connectivity index (χ1v) is 9.36. The zero-order valence-electron chi connectivity index (χ0n) is 14.6. The molecule has 4 rings (SSSR count). The van der Waals surface area contributed by atoms with Gasteiger partial charge in [0.15, 0.2) is 0 Å². The van der Waals surface area contributed by atoms with Crippen LogP contribution in [-0.2, 0) is 0 Å². The van der Waals surface area contributed by atoms with Gasteiger partial charge in [-0.15, -0.1) is 11.3 Å². The molecular formula is C21H15N3O3S. The smallest absolute Gasteiger partial charge is 0.272 e. The molecule has 0 aliphatic rings. The summed E-state index contributed by atoms with van der Waals surface area (Å²) in [6, 6.07) is 19.1. The van der Waals surface area contributed by atoms with Crippen LogP contribution in [0.1, 0.15) is 20.2 Å². The van der Waals surface area contributed by atoms with Crippen molar-refractivity contribution < 1.29 is 9.59 Å². The molecule has 0 atom stereocenters. The molecule has 0 fully saturated rings. The molecule has 0 saturated carbocycles. The van der Waals surface area contributed by atoms with Gasteiger partial charge in [-0.3, -0.25) is 14.4 Å². The first-order chi connectivity index (χ1) is 13.6. The summed E-state index contributed by atoms with van der Waals surface area (Å²) in [6.45, 7) is 0. The van der Waals surface area contributed by atoms with E-state index < -0.39 is 5.91 Å². The fourth-order valence-electron chi connectivity index (χ4n) is 2.81. The summed E-state index contributed by atoms with van der Waals surface area (Å²) in [5.74, 6) is -0.651. The van der Waals surface area contributed by atoms with E-state index in [9.17, 15) is 14.4 Å². The minimum Gasteiger partial charge on any atom is -0.321 e. The highest BCUT2D eigenvalue weighted by Gasteiger charge is 2.11. The van der Waals surface area contributed by atoms with Gasteiger partial charge in [0.1, 0.15) is 5.69 Å². The van der Waals surface area contributed by atoms with E-state index in [4.69, 9.17) is 0 Å². The molecule has 2 aromatic heterocycles. The van der Waals surface area contributed by atoms with E-state index in [-0.39, 0.29) is 17.2 Å². The number of carbonyl (C=O) groups is 2. The van der Waals surface area contributed by atoms with Gasteiger partial charge < -0.3 is 15.6 Å². The third-order valence-corrected chi connectivity index (χ3v) is 4.99. The number of nitrogens with one attached hydrogen (secondary N) is 3. The van der Waals surface area contributed by atoms with Crippen LogP contribution in [0.3, 0.4) is 0 Å². The lowest BCUT2D eigenvalue weighted by Gasteiger charge is -2.09. The SMILES string of the molecule is O=C(Nc1cccc(NC(=O)c2cccs2)c1)c1cc2ccccc2c(=O)[nH]1. The van der Waals surface area contributed by atoms with Gasteiger partial charge >= 0.3 is 0 Å². The molecule has 138 valence electrons. The molecule has 2 aromatic carbocycles. The van der Waals surface area contributed by atoms with Crippen LogP contribution in [0.5, 0.6) is 0 Å². The van der Waals surface area contributed by atoms with E-state index in [1.807, 2.05) is 11.4 Å². The fourth-order valence-corrected chi connectivity index (χ4v) is 3.43.